The maximum atomic E-state index is 12.5. The predicted octanol–water partition coefficient (Wildman–Crippen LogP) is 2.02. The Morgan fingerprint density at radius 3 is 2.00 bits per heavy atom. The number of carbonyl (C=O) groups is 1. The number of carbonyl (C=O) groups excluding carboxylic acids is 1. The molecular weight excluding hydrogens is 266 g/mol. The van der Waals surface area contributed by atoms with E-state index >= 15 is 0 Å². The second-order valence-corrected chi connectivity index (χ2v) is 3.42. The van der Waals surface area contributed by atoms with Crippen molar-refractivity contribution in [2.45, 2.75) is 18.8 Å². The molecule has 0 unspecified atom stereocenters. The fraction of sp³-hybridized carbons (Fsp3) is 0.300. The first-order chi connectivity index (χ1) is 8.01. The van der Waals surface area contributed by atoms with Crippen molar-refractivity contribution in [3.8, 4) is 0 Å². The van der Waals surface area contributed by atoms with Crippen LogP contribution >= 0.6 is 0 Å². The summed E-state index contributed by atoms with van der Waals surface area (Å²) in [5, 5.41) is 10.2. The fourth-order valence-electron chi connectivity index (χ4n) is 1.33. The van der Waals surface area contributed by atoms with Gasteiger partial charge in [0.15, 0.2) is 0 Å². The van der Waals surface area contributed by atoms with Gasteiger partial charge in [-0.15, -0.1) is 0 Å². The summed E-state index contributed by atoms with van der Waals surface area (Å²) in [6, 6.07) is 0.771. The van der Waals surface area contributed by atoms with Crippen molar-refractivity contribution in [2.75, 3.05) is 0 Å². The maximum Gasteiger partial charge on any atom is 0.416 e. The lowest BCUT2D eigenvalue weighted by Gasteiger charge is -2.16. The third-order valence-corrected chi connectivity index (χ3v) is 2.08. The number of halogens is 6. The van der Waals surface area contributed by atoms with Crippen LogP contribution < -0.4 is 5.11 Å². The van der Waals surface area contributed by atoms with Gasteiger partial charge in [-0.1, -0.05) is 6.07 Å². The minimum absolute atomic E-state index is 0.113. The van der Waals surface area contributed by atoms with Gasteiger partial charge < -0.3 is 9.90 Å². The van der Waals surface area contributed by atoms with Crippen LogP contribution in [-0.2, 0) is 23.6 Å². The largest absolute Gasteiger partial charge is 0.550 e. The summed E-state index contributed by atoms with van der Waals surface area (Å²) in [5.41, 5.74) is -3.88. The van der Waals surface area contributed by atoms with Gasteiger partial charge in [0.05, 0.1) is 11.1 Å². The van der Waals surface area contributed by atoms with Crippen molar-refractivity contribution in [1.82, 2.24) is 0 Å². The average Bonchev–Trinajstić information content (AvgIpc) is 2.13. The van der Waals surface area contributed by atoms with Crippen LogP contribution in [0.3, 0.4) is 0 Å². The standard InChI is InChI=1S/C10H6F6O2/c11-9(12,13)6-2-1-5(3-8(17)18)7(4-6)10(14,15)16/h1-2,4H,3H2,(H,17,18)/p-1. The van der Waals surface area contributed by atoms with Gasteiger partial charge in [0.2, 0.25) is 0 Å². The highest BCUT2D eigenvalue weighted by atomic mass is 19.4. The Labute approximate surface area is 96.8 Å². The van der Waals surface area contributed by atoms with Crippen molar-refractivity contribution in [2.24, 2.45) is 0 Å². The van der Waals surface area contributed by atoms with Gasteiger partial charge >= 0.3 is 12.4 Å². The maximum absolute atomic E-state index is 12.5. The highest BCUT2D eigenvalue weighted by Crippen LogP contribution is 2.37. The molecule has 0 amide bonds. The van der Waals surface area contributed by atoms with E-state index in [0.29, 0.717) is 12.1 Å². The molecule has 1 aromatic carbocycles. The van der Waals surface area contributed by atoms with Crippen LogP contribution in [0.2, 0.25) is 0 Å². The first-order valence-electron chi connectivity index (χ1n) is 4.49. The lowest BCUT2D eigenvalue weighted by molar-refractivity contribution is -0.304. The van der Waals surface area contributed by atoms with Crippen LogP contribution in [0.5, 0.6) is 0 Å². The van der Waals surface area contributed by atoms with E-state index in [-0.39, 0.29) is 6.07 Å². The summed E-state index contributed by atoms with van der Waals surface area (Å²) < 4.78 is 74.2. The third kappa shape index (κ3) is 3.38. The molecule has 0 saturated carbocycles. The number of alkyl halides is 6. The van der Waals surface area contributed by atoms with E-state index in [0.717, 1.165) is 0 Å². The van der Waals surface area contributed by atoms with Crippen LogP contribution in [0.1, 0.15) is 16.7 Å². The van der Waals surface area contributed by atoms with Gasteiger partial charge in [-0.2, -0.15) is 26.3 Å². The summed E-state index contributed by atoms with van der Waals surface area (Å²) in [5.74, 6) is -1.81. The van der Waals surface area contributed by atoms with Gasteiger partial charge in [-0.3, -0.25) is 0 Å². The molecule has 1 aromatic rings. The second-order valence-electron chi connectivity index (χ2n) is 3.42. The number of carboxylic acid groups (broad SMARTS) is 1. The Bertz CT molecular complexity index is 460. The molecule has 0 aliphatic heterocycles. The van der Waals surface area contributed by atoms with Crippen molar-refractivity contribution in [3.63, 3.8) is 0 Å². The van der Waals surface area contributed by atoms with Crippen LogP contribution in [0.15, 0.2) is 18.2 Å². The highest BCUT2D eigenvalue weighted by Gasteiger charge is 2.37. The topological polar surface area (TPSA) is 40.1 Å². The molecule has 0 bridgehead atoms. The molecule has 1 rings (SSSR count). The molecule has 0 aromatic heterocycles. The molecule has 0 fully saturated rings. The third-order valence-electron chi connectivity index (χ3n) is 2.08. The van der Waals surface area contributed by atoms with E-state index in [1.807, 2.05) is 0 Å². The van der Waals surface area contributed by atoms with E-state index in [1.165, 1.54) is 0 Å². The highest BCUT2D eigenvalue weighted by molar-refractivity contribution is 5.68. The molecule has 0 N–H and O–H groups in total. The number of carboxylic acids is 1. The zero-order valence-corrected chi connectivity index (χ0v) is 8.52. The van der Waals surface area contributed by atoms with Crippen molar-refractivity contribution in [1.29, 1.82) is 0 Å². The Kier molecular flexibility index (Phi) is 3.59. The molecule has 0 saturated heterocycles. The van der Waals surface area contributed by atoms with Gasteiger partial charge in [-0.05, 0) is 17.7 Å². The number of hydrogen-bond acceptors (Lipinski definition) is 2. The van der Waals surface area contributed by atoms with Crippen LogP contribution in [-0.4, -0.2) is 5.97 Å². The number of hydrogen-bond donors (Lipinski definition) is 0. The average molecular weight is 271 g/mol. The Morgan fingerprint density at radius 2 is 1.61 bits per heavy atom. The smallest absolute Gasteiger partial charge is 0.416 e. The molecule has 0 aliphatic carbocycles. The van der Waals surface area contributed by atoms with Gasteiger partial charge in [0.1, 0.15) is 0 Å². The first-order valence-corrected chi connectivity index (χ1v) is 4.49. The fourth-order valence-corrected chi connectivity index (χ4v) is 1.33. The van der Waals surface area contributed by atoms with Crippen LogP contribution in [0, 0.1) is 0 Å². The second kappa shape index (κ2) is 4.51. The molecule has 0 spiro atoms. The summed E-state index contributed by atoms with van der Waals surface area (Å²) in [6.07, 6.45) is -11.1. The first kappa shape index (κ1) is 14.3. The molecule has 18 heavy (non-hydrogen) atoms. The summed E-state index contributed by atoms with van der Waals surface area (Å²) in [4.78, 5) is 10.2. The zero-order valence-electron chi connectivity index (χ0n) is 8.52. The van der Waals surface area contributed by atoms with Crippen molar-refractivity contribution < 1.29 is 36.2 Å². The molecule has 2 nitrogen and oxygen atoms in total. The van der Waals surface area contributed by atoms with Gasteiger partial charge in [0, 0.05) is 12.4 Å². The molecule has 100 valence electrons. The Balaban J connectivity index is 3.34. The zero-order chi connectivity index (χ0) is 14.1. The SMILES string of the molecule is O=C([O-])Cc1ccc(C(F)(F)F)cc1C(F)(F)F. The molecular formula is C10H5F6O2-. The quantitative estimate of drug-likeness (QED) is 0.772. The number of rotatable bonds is 2. The van der Waals surface area contributed by atoms with E-state index in [1.54, 1.807) is 0 Å². The molecule has 8 heteroatoms. The van der Waals surface area contributed by atoms with E-state index < -0.39 is 41.4 Å². The number of benzene rings is 1. The summed E-state index contributed by atoms with van der Waals surface area (Å²) in [7, 11) is 0. The summed E-state index contributed by atoms with van der Waals surface area (Å²) >= 11 is 0. The van der Waals surface area contributed by atoms with E-state index in [2.05, 4.69) is 0 Å². The Hall–Kier alpha value is -1.73. The molecule has 0 radical (unpaired) electrons. The monoisotopic (exact) mass is 271 g/mol. The minimum atomic E-state index is -5.06. The number of aliphatic carboxylic acids is 1. The normalized spacial score (nSPS) is 12.6. The van der Waals surface area contributed by atoms with E-state index in [4.69, 9.17) is 0 Å². The van der Waals surface area contributed by atoms with Gasteiger partial charge in [0.25, 0.3) is 0 Å². The lowest BCUT2D eigenvalue weighted by atomic mass is 10.0. The summed E-state index contributed by atoms with van der Waals surface area (Å²) in [6.45, 7) is 0. The Morgan fingerprint density at radius 1 is 1.06 bits per heavy atom. The van der Waals surface area contributed by atoms with Crippen molar-refractivity contribution >= 4 is 5.97 Å². The molecule has 0 atom stereocenters. The minimum Gasteiger partial charge on any atom is -0.550 e. The van der Waals surface area contributed by atoms with Crippen molar-refractivity contribution in [3.05, 3.63) is 34.9 Å². The van der Waals surface area contributed by atoms with Gasteiger partial charge in [-0.25, -0.2) is 0 Å². The lowest BCUT2D eigenvalue weighted by Crippen LogP contribution is -2.26. The molecule has 0 aliphatic rings. The molecule has 0 heterocycles. The van der Waals surface area contributed by atoms with Crippen LogP contribution in [0.4, 0.5) is 26.3 Å². The van der Waals surface area contributed by atoms with Crippen LogP contribution in [0.25, 0.3) is 0 Å². The predicted molar refractivity (Wildman–Crippen MR) is 45.2 cm³/mol. The van der Waals surface area contributed by atoms with E-state index in [9.17, 15) is 36.2 Å².